The number of phenols is 1. The first kappa shape index (κ1) is 35.3. The lowest BCUT2D eigenvalue weighted by molar-refractivity contribution is -0.188. The van der Waals surface area contributed by atoms with E-state index in [-0.39, 0.29) is 30.7 Å². The van der Waals surface area contributed by atoms with Gasteiger partial charge in [-0.05, 0) is 50.1 Å². The molecular weight excluding hydrogens is 704 g/mol. The van der Waals surface area contributed by atoms with Crippen molar-refractivity contribution in [2.45, 2.75) is 68.9 Å². The van der Waals surface area contributed by atoms with Crippen LogP contribution >= 0.6 is 11.8 Å². The number of aliphatic hydroxyl groups excluding tert-OH is 1. The Morgan fingerprint density at radius 2 is 1.79 bits per heavy atom. The van der Waals surface area contributed by atoms with E-state index in [0.29, 0.717) is 45.9 Å². The maximum Gasteiger partial charge on any atom is 0.348 e. The van der Waals surface area contributed by atoms with Crippen molar-refractivity contribution in [3.8, 4) is 28.7 Å². The number of ether oxygens (including phenoxy) is 6. The van der Waals surface area contributed by atoms with Crippen molar-refractivity contribution in [2.24, 2.45) is 0 Å². The summed E-state index contributed by atoms with van der Waals surface area (Å²) >= 11 is 1.31. The van der Waals surface area contributed by atoms with Crippen molar-refractivity contribution in [3.63, 3.8) is 0 Å². The van der Waals surface area contributed by atoms with E-state index in [4.69, 9.17) is 28.4 Å². The average molecular weight is 745 g/mol. The smallest absolute Gasteiger partial charge is 0.348 e. The van der Waals surface area contributed by atoms with Gasteiger partial charge in [0, 0.05) is 47.0 Å². The molecule has 53 heavy (non-hydrogen) atoms. The van der Waals surface area contributed by atoms with Crippen molar-refractivity contribution in [1.29, 1.82) is 0 Å². The van der Waals surface area contributed by atoms with Crippen LogP contribution in [-0.2, 0) is 30.3 Å². The van der Waals surface area contributed by atoms with Crippen LogP contribution in [0.15, 0.2) is 42.5 Å². The Morgan fingerprint density at radius 3 is 2.53 bits per heavy atom. The SMILES string of the molecule is COc1c(C)cc2c(c1O)[C@@H]1C3[C@@H]4SCC(OC(=O)/C=C/c5ccccc5)C(=O)OC[C@@H](c5c6c(c(C)c(OC(C)=O)c54)OCO6)N3[C@@H](O)[C@H](C2)N1C. The van der Waals surface area contributed by atoms with E-state index < -0.39 is 59.7 Å². The van der Waals surface area contributed by atoms with Crippen molar-refractivity contribution < 1.29 is 53.0 Å². The van der Waals surface area contributed by atoms with Gasteiger partial charge >= 0.3 is 17.9 Å². The quantitative estimate of drug-likeness (QED) is 0.217. The van der Waals surface area contributed by atoms with E-state index in [0.717, 1.165) is 16.7 Å². The molecule has 4 bridgehead atoms. The van der Waals surface area contributed by atoms with Crippen molar-refractivity contribution in [1.82, 2.24) is 9.80 Å². The highest BCUT2D eigenvalue weighted by Gasteiger charge is 2.60. The molecule has 2 unspecified atom stereocenters. The molecule has 0 radical (unpaired) electrons. The maximum atomic E-state index is 13.7. The molecule has 2 N–H and O–H groups in total. The monoisotopic (exact) mass is 744 g/mol. The highest BCUT2D eigenvalue weighted by molar-refractivity contribution is 7.99. The highest BCUT2D eigenvalue weighted by atomic mass is 32.2. The molecule has 3 aromatic carbocycles. The maximum absolute atomic E-state index is 13.7. The Labute approximate surface area is 310 Å². The average Bonchev–Trinajstić information content (AvgIpc) is 3.63. The van der Waals surface area contributed by atoms with Gasteiger partial charge < -0.3 is 38.6 Å². The van der Waals surface area contributed by atoms with Crippen LogP contribution in [0.3, 0.4) is 0 Å². The molecule has 0 saturated carbocycles. The lowest BCUT2D eigenvalue weighted by Gasteiger charge is -2.62. The van der Waals surface area contributed by atoms with Crippen LogP contribution in [0, 0.1) is 13.8 Å². The molecule has 7 atom stereocenters. The van der Waals surface area contributed by atoms with Crippen molar-refractivity contribution in [3.05, 3.63) is 81.4 Å². The number of aromatic hydroxyl groups is 1. The van der Waals surface area contributed by atoms with Gasteiger partial charge in [0.15, 0.2) is 23.0 Å². The predicted octanol–water partition coefficient (Wildman–Crippen LogP) is 4.28. The summed E-state index contributed by atoms with van der Waals surface area (Å²) in [5.41, 5.74) is 4.86. The minimum atomic E-state index is -1.29. The number of carbonyl (C=O) groups excluding carboxylic acids is 3. The Bertz CT molecular complexity index is 2040. The van der Waals surface area contributed by atoms with E-state index in [1.807, 2.05) is 55.3 Å². The van der Waals surface area contributed by atoms with Crippen LogP contribution in [0.25, 0.3) is 6.08 Å². The molecule has 9 rings (SSSR count). The zero-order chi connectivity index (χ0) is 37.3. The van der Waals surface area contributed by atoms with E-state index >= 15 is 0 Å². The Hall–Kier alpha value is -4.76. The minimum absolute atomic E-state index is 0.0119. The molecule has 0 aromatic heterocycles. The first-order chi connectivity index (χ1) is 25.5. The van der Waals surface area contributed by atoms with Gasteiger partial charge in [-0.1, -0.05) is 36.4 Å². The number of hydrogen-bond acceptors (Lipinski definition) is 14. The minimum Gasteiger partial charge on any atom is -0.504 e. The molecule has 6 aliphatic rings. The Kier molecular flexibility index (Phi) is 9.04. The normalized spacial score (nSPS) is 27.4. The standard InChI is InChI=1S/C39H40N2O11S/c1-18-13-22-14-23-38(45)41-24-15-48-39(46)25(52-26(43)12-11-21-9-7-6-8-10-21)16-53-37(31(41)30(40(23)4)27(22)32(44)33(18)47-5)29-28(24)36-35(49-17-50-36)19(2)34(29)51-20(3)42/h6-13,23-25,30-31,37-38,44-45H,14-17H2,1-5H3/b12-11+/t23-,24-,25?,30+,31?,37+,38-/m0/s1. The topological polar surface area (TPSA) is 154 Å². The van der Waals surface area contributed by atoms with Crippen molar-refractivity contribution >= 4 is 35.7 Å². The molecule has 2 fully saturated rings. The van der Waals surface area contributed by atoms with Gasteiger partial charge in [-0.3, -0.25) is 14.6 Å². The fraction of sp³-hybridized carbons (Fsp3) is 0.410. The van der Waals surface area contributed by atoms with E-state index in [1.54, 1.807) is 13.0 Å². The Morgan fingerprint density at radius 1 is 1.04 bits per heavy atom. The number of aryl methyl sites for hydroxylation is 1. The van der Waals surface area contributed by atoms with E-state index in [9.17, 15) is 24.6 Å². The third kappa shape index (κ3) is 5.70. The van der Waals surface area contributed by atoms with E-state index in [2.05, 4.69) is 4.90 Å². The van der Waals surface area contributed by atoms with Crippen LogP contribution in [-0.4, -0.2) is 95.6 Å². The van der Waals surface area contributed by atoms with Crippen molar-refractivity contribution in [2.75, 3.05) is 33.3 Å². The number of methoxy groups -OCH3 is 1. The lowest BCUT2D eigenvalue weighted by Crippen LogP contribution is -2.69. The lowest BCUT2D eigenvalue weighted by atomic mass is 9.73. The summed E-state index contributed by atoms with van der Waals surface area (Å²) in [6.07, 6.45) is 0.951. The van der Waals surface area contributed by atoms with Crippen LogP contribution in [0.2, 0.25) is 0 Å². The zero-order valence-electron chi connectivity index (χ0n) is 29.9. The number of esters is 3. The molecule has 0 amide bonds. The Balaban J connectivity index is 1.30. The number of aliphatic hydroxyl groups is 1. The summed E-state index contributed by atoms with van der Waals surface area (Å²) in [4.78, 5) is 43.6. The molecule has 6 heterocycles. The van der Waals surface area contributed by atoms with Gasteiger partial charge in [-0.25, -0.2) is 9.59 Å². The van der Waals surface area contributed by atoms with Crippen LogP contribution in [0.5, 0.6) is 28.7 Å². The fourth-order valence-electron chi connectivity index (χ4n) is 8.75. The number of fused-ring (bicyclic) bond motifs is 10. The second-order valence-electron chi connectivity index (χ2n) is 13.9. The molecule has 6 aliphatic heterocycles. The van der Waals surface area contributed by atoms with Gasteiger partial charge in [0.25, 0.3) is 0 Å². The molecule has 2 saturated heterocycles. The summed E-state index contributed by atoms with van der Waals surface area (Å²) in [7, 11) is 3.43. The van der Waals surface area contributed by atoms with E-state index in [1.165, 1.54) is 31.9 Å². The second-order valence-corrected chi connectivity index (χ2v) is 15.1. The number of phenolic OH excluding ortho intramolecular Hbond substituents is 1. The van der Waals surface area contributed by atoms with Crippen LogP contribution in [0.4, 0.5) is 0 Å². The third-order valence-electron chi connectivity index (χ3n) is 10.9. The second kappa shape index (κ2) is 13.6. The fourth-order valence-corrected chi connectivity index (χ4v) is 10.2. The number of thioether (sulfide) groups is 1. The number of rotatable bonds is 5. The van der Waals surface area contributed by atoms with Gasteiger partial charge in [0.1, 0.15) is 18.6 Å². The number of hydrogen-bond donors (Lipinski definition) is 2. The molecular formula is C39H40N2O11S. The first-order valence-electron chi connectivity index (χ1n) is 17.4. The number of likely N-dealkylation sites (N-methyl/N-ethyl adjacent to an activating group) is 1. The summed E-state index contributed by atoms with van der Waals surface area (Å²) in [5.74, 6) is -0.567. The summed E-state index contributed by atoms with van der Waals surface area (Å²) in [5, 5.41) is 23.6. The molecule has 278 valence electrons. The largest absolute Gasteiger partial charge is 0.504 e. The highest BCUT2D eigenvalue weighted by Crippen LogP contribution is 2.64. The molecule has 0 spiro atoms. The summed E-state index contributed by atoms with van der Waals surface area (Å²) < 4.78 is 35.4. The van der Waals surface area contributed by atoms with Crippen LogP contribution < -0.4 is 18.9 Å². The molecule has 14 heteroatoms. The van der Waals surface area contributed by atoms with Gasteiger partial charge in [0.2, 0.25) is 12.9 Å². The molecule has 3 aromatic rings. The first-order valence-corrected chi connectivity index (χ1v) is 18.5. The third-order valence-corrected chi connectivity index (χ3v) is 12.3. The number of carbonyl (C=O) groups is 3. The zero-order valence-corrected chi connectivity index (χ0v) is 30.7. The summed E-state index contributed by atoms with van der Waals surface area (Å²) in [6, 6.07) is 8.88. The molecule has 0 aliphatic carbocycles. The van der Waals surface area contributed by atoms with Crippen LogP contribution in [0.1, 0.15) is 63.2 Å². The number of benzene rings is 3. The number of nitrogens with zero attached hydrogens (tertiary/aromatic N) is 2. The van der Waals surface area contributed by atoms with Gasteiger partial charge in [-0.15, -0.1) is 11.8 Å². The van der Waals surface area contributed by atoms with Gasteiger partial charge in [-0.2, -0.15) is 0 Å². The predicted molar refractivity (Wildman–Crippen MR) is 192 cm³/mol. The molecule has 13 nitrogen and oxygen atoms in total. The number of piperazine rings is 1. The van der Waals surface area contributed by atoms with Gasteiger partial charge in [0.05, 0.1) is 30.5 Å². The summed E-state index contributed by atoms with van der Waals surface area (Å²) in [6.45, 7) is 4.64.